The molecule has 0 bridgehead atoms. The van der Waals surface area contributed by atoms with Crippen LogP contribution in [-0.4, -0.2) is 67.4 Å². The Hall–Kier alpha value is -2.71. The number of halogens is 1. The second-order valence-corrected chi connectivity index (χ2v) is 12.0. The molecule has 40 heavy (non-hydrogen) atoms. The zero-order chi connectivity index (χ0) is 28.4. The van der Waals surface area contributed by atoms with Gasteiger partial charge in [0.25, 0.3) is 11.5 Å². The van der Waals surface area contributed by atoms with Gasteiger partial charge in [-0.05, 0) is 107 Å². The minimum absolute atomic E-state index is 0.148. The van der Waals surface area contributed by atoms with Crippen molar-refractivity contribution < 1.29 is 13.9 Å². The first kappa shape index (κ1) is 28.8. The van der Waals surface area contributed by atoms with Crippen molar-refractivity contribution in [3.8, 4) is 0 Å². The molecule has 1 amide bonds. The lowest BCUT2D eigenvalue weighted by Crippen LogP contribution is -2.40. The second-order valence-electron chi connectivity index (χ2n) is 12.0. The van der Waals surface area contributed by atoms with E-state index in [1.807, 2.05) is 26.8 Å². The Bertz CT molecular complexity index is 1260. The quantitative estimate of drug-likeness (QED) is 0.469. The number of alkyl halides is 1. The number of carbonyl (C=O) groups excluding carboxylic acids is 1. The van der Waals surface area contributed by atoms with Gasteiger partial charge in [-0.15, -0.1) is 0 Å². The van der Waals surface area contributed by atoms with E-state index >= 15 is 0 Å². The SMILES string of the molecule is CCN(c1cc(C2CC2CN2CCC(F)CC2)cc(C(=O)NCc2c(C)cc(C)[nH]c2=O)c1C)C1CCOCC1. The average Bonchev–Trinajstić information content (AvgIpc) is 3.70. The molecule has 0 spiro atoms. The van der Waals surface area contributed by atoms with Crippen molar-refractivity contribution in [3.05, 3.63) is 62.1 Å². The summed E-state index contributed by atoms with van der Waals surface area (Å²) in [7, 11) is 0. The number of nitrogens with one attached hydrogen (secondary N) is 2. The van der Waals surface area contributed by atoms with Crippen LogP contribution in [0.1, 0.15) is 83.3 Å². The number of rotatable bonds is 9. The molecule has 3 fully saturated rings. The molecule has 2 unspecified atom stereocenters. The minimum Gasteiger partial charge on any atom is -0.381 e. The van der Waals surface area contributed by atoms with Gasteiger partial charge in [-0.2, -0.15) is 0 Å². The van der Waals surface area contributed by atoms with Crippen LogP contribution < -0.4 is 15.8 Å². The molecule has 7 nitrogen and oxygen atoms in total. The molecule has 2 atom stereocenters. The summed E-state index contributed by atoms with van der Waals surface area (Å²) in [6.07, 6.45) is 3.67. The number of likely N-dealkylation sites (tertiary alicyclic amines) is 1. The molecule has 1 aliphatic carbocycles. The smallest absolute Gasteiger partial charge is 0.253 e. The number of anilines is 1. The zero-order valence-corrected chi connectivity index (χ0v) is 24.5. The molecule has 2 saturated heterocycles. The normalized spacial score (nSPS) is 22.3. The number of H-pyrrole nitrogens is 1. The Labute approximate surface area is 237 Å². The van der Waals surface area contributed by atoms with Gasteiger partial charge in [-0.3, -0.25) is 9.59 Å². The summed E-state index contributed by atoms with van der Waals surface area (Å²) >= 11 is 0. The van der Waals surface area contributed by atoms with Crippen molar-refractivity contribution in [3.63, 3.8) is 0 Å². The van der Waals surface area contributed by atoms with Gasteiger partial charge in [-0.25, -0.2) is 4.39 Å². The molecule has 1 saturated carbocycles. The van der Waals surface area contributed by atoms with E-state index in [0.29, 0.717) is 41.8 Å². The number of hydrogen-bond acceptors (Lipinski definition) is 5. The van der Waals surface area contributed by atoms with Crippen LogP contribution in [0.15, 0.2) is 23.0 Å². The van der Waals surface area contributed by atoms with E-state index in [1.165, 1.54) is 5.56 Å². The second kappa shape index (κ2) is 12.4. The molecule has 8 heteroatoms. The van der Waals surface area contributed by atoms with Gasteiger partial charge in [0.05, 0.1) is 0 Å². The van der Waals surface area contributed by atoms with E-state index < -0.39 is 6.17 Å². The molecule has 3 heterocycles. The van der Waals surface area contributed by atoms with Gasteiger partial charge in [0.1, 0.15) is 6.17 Å². The molecule has 1 aromatic heterocycles. The molecular formula is C32H45FN4O3. The number of benzene rings is 1. The van der Waals surface area contributed by atoms with E-state index in [0.717, 1.165) is 81.2 Å². The molecule has 2 aromatic rings. The minimum atomic E-state index is -0.656. The number of piperidine rings is 1. The zero-order valence-electron chi connectivity index (χ0n) is 24.5. The maximum Gasteiger partial charge on any atom is 0.253 e. The molecule has 2 N–H and O–H groups in total. The Kier molecular flexibility index (Phi) is 8.95. The third-order valence-electron chi connectivity index (χ3n) is 9.21. The monoisotopic (exact) mass is 552 g/mol. The first-order chi connectivity index (χ1) is 19.2. The predicted molar refractivity (Wildman–Crippen MR) is 157 cm³/mol. The van der Waals surface area contributed by atoms with Gasteiger partial charge in [0, 0.05) is 74.5 Å². The molecule has 5 rings (SSSR count). The summed E-state index contributed by atoms with van der Waals surface area (Å²) in [4.78, 5) is 34.0. The maximum absolute atomic E-state index is 13.7. The first-order valence-electron chi connectivity index (χ1n) is 15.1. The topological polar surface area (TPSA) is 77.7 Å². The van der Waals surface area contributed by atoms with Crippen LogP contribution in [0, 0.1) is 26.7 Å². The van der Waals surface area contributed by atoms with Gasteiger partial charge < -0.3 is 24.8 Å². The molecule has 3 aliphatic rings. The number of nitrogens with zero attached hydrogens (tertiary/aromatic N) is 2. The van der Waals surface area contributed by atoms with Gasteiger partial charge >= 0.3 is 0 Å². The number of aryl methyl sites for hydroxylation is 2. The van der Waals surface area contributed by atoms with E-state index in [1.54, 1.807) is 0 Å². The standard InChI is InChI=1S/C32H45FN4O3/c1-5-37(26-8-12-40-13-9-26)30-17-23(28-16-24(28)19-36-10-6-25(33)7-11-36)15-27(22(30)4)31(38)34-18-29-20(2)14-21(3)35-32(29)39/h14-15,17,24-26,28H,5-13,16,18-19H2,1-4H3,(H,34,38)(H,35,39). The highest BCUT2D eigenvalue weighted by atomic mass is 19.1. The predicted octanol–water partition coefficient (Wildman–Crippen LogP) is 4.77. The molecule has 2 aliphatic heterocycles. The highest BCUT2D eigenvalue weighted by Gasteiger charge is 2.41. The summed E-state index contributed by atoms with van der Waals surface area (Å²) in [6.45, 7) is 13.2. The van der Waals surface area contributed by atoms with Crippen LogP contribution in [0.4, 0.5) is 10.1 Å². The van der Waals surface area contributed by atoms with Crippen molar-refractivity contribution in [2.75, 3.05) is 44.3 Å². The van der Waals surface area contributed by atoms with Crippen molar-refractivity contribution in [2.24, 2.45) is 5.92 Å². The Morgan fingerprint density at radius 3 is 2.52 bits per heavy atom. The lowest BCUT2D eigenvalue weighted by Gasteiger charge is -2.37. The number of amides is 1. The summed E-state index contributed by atoms with van der Waals surface area (Å²) < 4.78 is 19.3. The first-order valence-corrected chi connectivity index (χ1v) is 15.1. The van der Waals surface area contributed by atoms with Crippen molar-refractivity contribution in [1.29, 1.82) is 0 Å². The Morgan fingerprint density at radius 1 is 1.12 bits per heavy atom. The molecule has 218 valence electrons. The summed E-state index contributed by atoms with van der Waals surface area (Å²) in [5.41, 5.74) is 6.13. The maximum atomic E-state index is 13.7. The lowest BCUT2D eigenvalue weighted by atomic mass is 9.96. The number of pyridine rings is 1. The number of aromatic nitrogens is 1. The number of ether oxygens (including phenoxy) is 1. The van der Waals surface area contributed by atoms with Gasteiger partial charge in [0.15, 0.2) is 0 Å². The number of hydrogen-bond donors (Lipinski definition) is 2. The van der Waals surface area contributed by atoms with Crippen LogP contribution in [0.3, 0.4) is 0 Å². The van der Waals surface area contributed by atoms with Crippen LogP contribution >= 0.6 is 0 Å². The molecule has 0 radical (unpaired) electrons. The lowest BCUT2D eigenvalue weighted by molar-refractivity contribution is 0.0845. The molecule has 1 aromatic carbocycles. The fraction of sp³-hybridized carbons (Fsp3) is 0.625. The summed E-state index contributed by atoms with van der Waals surface area (Å²) in [5, 5.41) is 3.05. The van der Waals surface area contributed by atoms with E-state index in [9.17, 15) is 14.0 Å². The van der Waals surface area contributed by atoms with Crippen LogP contribution in [-0.2, 0) is 11.3 Å². The summed E-state index contributed by atoms with van der Waals surface area (Å²) in [6, 6.07) is 6.72. The number of carbonyl (C=O) groups is 1. The molecular weight excluding hydrogens is 507 g/mol. The Morgan fingerprint density at radius 2 is 1.85 bits per heavy atom. The fourth-order valence-electron chi connectivity index (χ4n) is 6.73. The third-order valence-corrected chi connectivity index (χ3v) is 9.21. The largest absolute Gasteiger partial charge is 0.381 e. The Balaban J connectivity index is 1.40. The summed E-state index contributed by atoms with van der Waals surface area (Å²) in [5.74, 6) is 0.796. The van der Waals surface area contributed by atoms with Crippen molar-refractivity contribution in [2.45, 2.75) is 84.5 Å². The fourth-order valence-corrected chi connectivity index (χ4v) is 6.73. The van der Waals surface area contributed by atoms with Crippen molar-refractivity contribution >= 4 is 11.6 Å². The van der Waals surface area contributed by atoms with Crippen LogP contribution in [0.5, 0.6) is 0 Å². The van der Waals surface area contributed by atoms with Gasteiger partial charge in [0.2, 0.25) is 0 Å². The van der Waals surface area contributed by atoms with E-state index in [4.69, 9.17) is 4.74 Å². The van der Waals surface area contributed by atoms with Crippen LogP contribution in [0.2, 0.25) is 0 Å². The third kappa shape index (κ3) is 6.44. The highest BCUT2D eigenvalue weighted by molar-refractivity contribution is 5.97. The van der Waals surface area contributed by atoms with Crippen LogP contribution in [0.25, 0.3) is 0 Å². The van der Waals surface area contributed by atoms with Crippen molar-refractivity contribution in [1.82, 2.24) is 15.2 Å². The number of aromatic amines is 1. The van der Waals surface area contributed by atoms with E-state index in [2.05, 4.69) is 39.2 Å². The van der Waals surface area contributed by atoms with Gasteiger partial charge in [-0.1, -0.05) is 0 Å². The highest BCUT2D eigenvalue weighted by Crippen LogP contribution is 2.49. The van der Waals surface area contributed by atoms with E-state index in [-0.39, 0.29) is 18.0 Å². The average molecular weight is 553 g/mol.